The molecule has 0 saturated carbocycles. The summed E-state index contributed by atoms with van der Waals surface area (Å²) in [4.78, 5) is 21.7. The predicted molar refractivity (Wildman–Crippen MR) is 117 cm³/mol. The number of alkyl halides is 3. The molecule has 196 valence electrons. The van der Waals surface area contributed by atoms with Crippen LogP contribution in [-0.2, 0) is 24.1 Å². The number of benzene rings is 1. The third-order valence-corrected chi connectivity index (χ3v) is 5.85. The van der Waals surface area contributed by atoms with E-state index >= 15 is 0 Å². The molecule has 5 rings (SSSR count). The van der Waals surface area contributed by atoms with Gasteiger partial charge >= 0.3 is 11.9 Å². The van der Waals surface area contributed by atoms with Crippen molar-refractivity contribution in [2.75, 3.05) is 31.8 Å². The lowest BCUT2D eigenvalue weighted by molar-refractivity contribution is -0.141. The highest BCUT2D eigenvalue weighted by Crippen LogP contribution is 2.40. The van der Waals surface area contributed by atoms with Crippen LogP contribution in [0.15, 0.2) is 35.3 Å². The minimum absolute atomic E-state index is 0.0155. The Morgan fingerprint density at radius 1 is 1.16 bits per heavy atom. The molecule has 4 heterocycles. The van der Waals surface area contributed by atoms with Gasteiger partial charge in [0.25, 0.3) is 5.88 Å². The molecule has 0 radical (unpaired) electrons. The smallest absolute Gasteiger partial charge is 0.433 e. The van der Waals surface area contributed by atoms with Gasteiger partial charge in [0.15, 0.2) is 23.2 Å². The van der Waals surface area contributed by atoms with Gasteiger partial charge in [-0.25, -0.2) is 13.6 Å². The van der Waals surface area contributed by atoms with Crippen molar-refractivity contribution in [1.29, 1.82) is 0 Å². The van der Waals surface area contributed by atoms with Gasteiger partial charge in [-0.1, -0.05) is 0 Å². The van der Waals surface area contributed by atoms with Crippen molar-refractivity contribution < 1.29 is 40.9 Å². The van der Waals surface area contributed by atoms with Crippen LogP contribution in [0.1, 0.15) is 11.3 Å². The summed E-state index contributed by atoms with van der Waals surface area (Å²) >= 11 is 0. The molecule has 1 atom stereocenters. The Bertz CT molecular complexity index is 1370. The zero-order chi connectivity index (χ0) is 26.3. The molecule has 3 aromatic rings. The Morgan fingerprint density at radius 2 is 1.92 bits per heavy atom. The monoisotopic (exact) mass is 526 g/mol. The lowest BCUT2D eigenvalue weighted by atomic mass is 10.2. The summed E-state index contributed by atoms with van der Waals surface area (Å²) in [6, 6.07) is 3.30. The quantitative estimate of drug-likeness (QED) is 0.451. The standard InChI is InChI=1S/C23H19F5N4O5/c1-34-19-20(30-22(33)32-9-13-11-35-5-4-31(13)21(19)32)36-10-12-6-15(24)18(16(25)7-12)37-14-2-3-29-17(8-14)23(26,27)28/h2-3,6-8,13H,4-5,9-11H2,1H3. The van der Waals surface area contributed by atoms with Crippen LogP contribution < -0.4 is 24.8 Å². The maximum atomic E-state index is 14.7. The van der Waals surface area contributed by atoms with Crippen molar-refractivity contribution in [3.05, 3.63) is 63.8 Å². The van der Waals surface area contributed by atoms with Crippen LogP contribution in [0.4, 0.5) is 27.8 Å². The molecule has 2 aromatic heterocycles. The van der Waals surface area contributed by atoms with Crippen LogP contribution >= 0.6 is 0 Å². The molecule has 14 heteroatoms. The van der Waals surface area contributed by atoms with Crippen molar-refractivity contribution in [2.45, 2.75) is 25.4 Å². The first-order chi connectivity index (χ1) is 17.7. The van der Waals surface area contributed by atoms with E-state index in [1.807, 2.05) is 4.90 Å². The number of halogens is 5. The van der Waals surface area contributed by atoms with Gasteiger partial charge in [-0.15, -0.1) is 0 Å². The minimum Gasteiger partial charge on any atom is -0.489 e. The fourth-order valence-electron chi connectivity index (χ4n) is 4.22. The van der Waals surface area contributed by atoms with Crippen LogP contribution in [0.5, 0.6) is 23.1 Å². The lowest BCUT2D eigenvalue weighted by Crippen LogP contribution is -2.43. The molecule has 0 bridgehead atoms. The molecule has 1 saturated heterocycles. The first-order valence-electron chi connectivity index (χ1n) is 11.0. The van der Waals surface area contributed by atoms with E-state index in [1.54, 1.807) is 0 Å². The van der Waals surface area contributed by atoms with Crippen LogP contribution in [0, 0.1) is 11.6 Å². The van der Waals surface area contributed by atoms with Crippen molar-refractivity contribution in [1.82, 2.24) is 14.5 Å². The normalized spacial score (nSPS) is 16.8. The van der Waals surface area contributed by atoms with Crippen molar-refractivity contribution in [3.63, 3.8) is 0 Å². The molecule has 37 heavy (non-hydrogen) atoms. The first-order valence-corrected chi connectivity index (χ1v) is 11.0. The summed E-state index contributed by atoms with van der Waals surface area (Å²) in [5.74, 6) is -3.15. The van der Waals surface area contributed by atoms with E-state index in [0.717, 1.165) is 24.4 Å². The molecule has 0 aliphatic carbocycles. The molecular formula is C23H19F5N4O5. The topological polar surface area (TPSA) is 87.9 Å². The van der Waals surface area contributed by atoms with Crippen LogP contribution in [0.3, 0.4) is 0 Å². The number of anilines is 1. The number of rotatable bonds is 6. The highest BCUT2D eigenvalue weighted by atomic mass is 19.4. The van der Waals surface area contributed by atoms with Gasteiger partial charge in [0.1, 0.15) is 18.1 Å². The summed E-state index contributed by atoms with van der Waals surface area (Å²) in [5.41, 5.74) is -1.83. The lowest BCUT2D eigenvalue weighted by Gasteiger charge is -2.31. The number of ether oxygens (including phenoxy) is 4. The highest BCUT2D eigenvalue weighted by Gasteiger charge is 2.37. The number of nitrogens with zero attached hydrogens (tertiary/aromatic N) is 4. The van der Waals surface area contributed by atoms with E-state index in [2.05, 4.69) is 9.97 Å². The van der Waals surface area contributed by atoms with Gasteiger partial charge in [0, 0.05) is 18.8 Å². The van der Waals surface area contributed by atoms with Gasteiger partial charge in [-0.3, -0.25) is 9.55 Å². The maximum Gasteiger partial charge on any atom is 0.433 e. The largest absolute Gasteiger partial charge is 0.489 e. The first kappa shape index (κ1) is 24.7. The number of aromatic nitrogens is 3. The average molecular weight is 526 g/mol. The number of hydrogen-bond donors (Lipinski definition) is 0. The number of morpholine rings is 1. The molecule has 0 spiro atoms. The SMILES string of the molecule is COc1c(OCc2cc(F)c(Oc3ccnc(C(F)(F)F)c3)c(F)c2)nc(=O)n2c1N1CCOCC1C2. The van der Waals surface area contributed by atoms with Crippen LogP contribution in [0.2, 0.25) is 0 Å². The van der Waals surface area contributed by atoms with Gasteiger partial charge in [0.05, 0.1) is 32.9 Å². The van der Waals surface area contributed by atoms with E-state index in [9.17, 15) is 26.7 Å². The summed E-state index contributed by atoms with van der Waals surface area (Å²) in [7, 11) is 1.39. The molecule has 0 N–H and O–H groups in total. The van der Waals surface area contributed by atoms with Crippen LogP contribution in [0.25, 0.3) is 0 Å². The van der Waals surface area contributed by atoms with E-state index in [0.29, 0.717) is 38.2 Å². The van der Waals surface area contributed by atoms with Gasteiger partial charge < -0.3 is 23.8 Å². The zero-order valence-electron chi connectivity index (χ0n) is 19.2. The molecule has 0 amide bonds. The Balaban J connectivity index is 1.37. The average Bonchev–Trinajstić information content (AvgIpc) is 3.25. The number of pyridine rings is 1. The second-order valence-corrected chi connectivity index (χ2v) is 8.24. The fourth-order valence-corrected chi connectivity index (χ4v) is 4.22. The van der Waals surface area contributed by atoms with E-state index in [4.69, 9.17) is 18.9 Å². The van der Waals surface area contributed by atoms with Crippen molar-refractivity contribution >= 4 is 5.82 Å². The Morgan fingerprint density at radius 3 is 2.62 bits per heavy atom. The third-order valence-electron chi connectivity index (χ3n) is 5.85. The molecule has 1 unspecified atom stereocenters. The molecule has 2 aliphatic rings. The minimum atomic E-state index is -4.75. The van der Waals surface area contributed by atoms with Crippen molar-refractivity contribution in [2.24, 2.45) is 0 Å². The molecule has 1 fully saturated rings. The molecule has 2 aliphatic heterocycles. The third kappa shape index (κ3) is 4.75. The van der Waals surface area contributed by atoms with Gasteiger partial charge in [0.2, 0.25) is 5.75 Å². The fraction of sp³-hybridized carbons (Fsp3) is 0.348. The number of fused-ring (bicyclic) bond motifs is 3. The number of methoxy groups -OCH3 is 1. The molecule has 9 nitrogen and oxygen atoms in total. The summed E-state index contributed by atoms with van der Waals surface area (Å²) < 4.78 is 90.9. The van der Waals surface area contributed by atoms with Gasteiger partial charge in [-0.2, -0.15) is 18.2 Å². The molecule has 1 aromatic carbocycles. The van der Waals surface area contributed by atoms with E-state index < -0.39 is 40.7 Å². The summed E-state index contributed by atoms with van der Waals surface area (Å²) in [6.07, 6.45) is -3.94. The Labute approximate surface area is 206 Å². The second kappa shape index (κ2) is 9.50. The zero-order valence-corrected chi connectivity index (χ0v) is 19.2. The Kier molecular flexibility index (Phi) is 6.35. The van der Waals surface area contributed by atoms with Crippen LogP contribution in [-0.4, -0.2) is 47.4 Å². The summed E-state index contributed by atoms with van der Waals surface area (Å²) in [6.45, 7) is 1.42. The molecular weight excluding hydrogens is 507 g/mol. The maximum absolute atomic E-state index is 14.7. The van der Waals surface area contributed by atoms with Crippen molar-refractivity contribution in [3.8, 4) is 23.1 Å². The second-order valence-electron chi connectivity index (χ2n) is 8.24. The number of hydrogen-bond acceptors (Lipinski definition) is 8. The highest BCUT2D eigenvalue weighted by molar-refractivity contribution is 5.61. The van der Waals surface area contributed by atoms with Gasteiger partial charge in [-0.05, 0) is 23.8 Å². The predicted octanol–water partition coefficient (Wildman–Crippen LogP) is 3.53. The van der Waals surface area contributed by atoms with E-state index in [-0.39, 0.29) is 29.8 Å². The Hall–Kier alpha value is -3.94. The summed E-state index contributed by atoms with van der Waals surface area (Å²) in [5, 5.41) is 0. The van der Waals surface area contributed by atoms with E-state index in [1.165, 1.54) is 11.7 Å².